The Morgan fingerprint density at radius 1 is 1.60 bits per heavy atom. The first-order valence-electron chi connectivity index (χ1n) is 4.65. The van der Waals surface area contributed by atoms with Gasteiger partial charge in [-0.05, 0) is 30.2 Å². The molecular formula is C11H11BrClFO. The van der Waals surface area contributed by atoms with Crippen LogP contribution >= 0.6 is 27.5 Å². The molecule has 15 heavy (non-hydrogen) atoms. The molecule has 1 unspecified atom stereocenters. The number of rotatable bonds is 4. The van der Waals surface area contributed by atoms with Crippen LogP contribution in [0.2, 0.25) is 5.02 Å². The van der Waals surface area contributed by atoms with E-state index < -0.39 is 0 Å². The number of alkyl halides is 1. The van der Waals surface area contributed by atoms with E-state index in [2.05, 4.69) is 15.9 Å². The number of hydrogen-bond acceptors (Lipinski definition) is 1. The number of Topliss-reactive ketones (excluding diaryl/α,β-unsaturated/α-hetero) is 1. The average molecular weight is 294 g/mol. The Morgan fingerprint density at radius 3 is 2.87 bits per heavy atom. The van der Waals surface area contributed by atoms with Crippen molar-refractivity contribution >= 4 is 33.3 Å². The second-order valence-electron chi connectivity index (χ2n) is 3.23. The summed E-state index contributed by atoms with van der Waals surface area (Å²) in [5.74, 6) is -0.242. The maximum Gasteiger partial charge on any atom is 0.146 e. The number of ketones is 1. The molecule has 0 radical (unpaired) electrons. The summed E-state index contributed by atoms with van der Waals surface area (Å²) in [4.78, 5) is 11.0. The van der Waals surface area contributed by atoms with Crippen LogP contribution in [0.1, 0.15) is 18.9 Å². The number of carbonyl (C=O) groups excluding carboxylic acids is 1. The van der Waals surface area contributed by atoms with E-state index in [1.165, 1.54) is 18.2 Å². The van der Waals surface area contributed by atoms with Crippen LogP contribution in [0.5, 0.6) is 0 Å². The van der Waals surface area contributed by atoms with Gasteiger partial charge in [0.05, 0.1) is 4.83 Å². The fourth-order valence-electron chi connectivity index (χ4n) is 1.23. The van der Waals surface area contributed by atoms with E-state index in [-0.39, 0.29) is 16.4 Å². The van der Waals surface area contributed by atoms with Crippen LogP contribution in [0, 0.1) is 5.82 Å². The van der Waals surface area contributed by atoms with Gasteiger partial charge in [0.2, 0.25) is 0 Å². The van der Waals surface area contributed by atoms with Crippen LogP contribution < -0.4 is 0 Å². The molecule has 1 aromatic carbocycles. The molecule has 0 aliphatic heterocycles. The zero-order valence-corrected chi connectivity index (χ0v) is 10.6. The monoisotopic (exact) mass is 292 g/mol. The number of hydrogen-bond donors (Lipinski definition) is 0. The summed E-state index contributed by atoms with van der Waals surface area (Å²) >= 11 is 9.16. The summed E-state index contributed by atoms with van der Waals surface area (Å²) in [5.41, 5.74) is 0.653. The maximum atomic E-state index is 12.9. The van der Waals surface area contributed by atoms with Crippen LogP contribution in [0.25, 0.3) is 0 Å². The van der Waals surface area contributed by atoms with Crippen LogP contribution in [-0.4, -0.2) is 10.6 Å². The summed E-state index contributed by atoms with van der Waals surface area (Å²) in [7, 11) is 0. The van der Waals surface area contributed by atoms with Crippen LogP contribution in [0.3, 0.4) is 0 Å². The van der Waals surface area contributed by atoms with Crippen molar-refractivity contribution in [2.45, 2.75) is 24.6 Å². The number of benzene rings is 1. The van der Waals surface area contributed by atoms with Crippen molar-refractivity contribution in [3.63, 3.8) is 0 Å². The Balaban J connectivity index is 2.80. The second-order valence-corrected chi connectivity index (χ2v) is 4.74. The largest absolute Gasteiger partial charge is 0.298 e. The van der Waals surface area contributed by atoms with Gasteiger partial charge in [-0.3, -0.25) is 4.79 Å². The molecule has 0 saturated carbocycles. The van der Waals surface area contributed by atoms with Crippen molar-refractivity contribution in [3.8, 4) is 0 Å². The Bertz CT molecular complexity index is 368. The lowest BCUT2D eigenvalue weighted by molar-refractivity contribution is -0.118. The van der Waals surface area contributed by atoms with E-state index in [9.17, 15) is 9.18 Å². The predicted molar refractivity (Wildman–Crippen MR) is 63.1 cm³/mol. The van der Waals surface area contributed by atoms with Gasteiger partial charge < -0.3 is 0 Å². The second kappa shape index (κ2) is 5.61. The number of carbonyl (C=O) groups is 1. The van der Waals surface area contributed by atoms with Crippen molar-refractivity contribution in [3.05, 3.63) is 34.6 Å². The molecule has 82 valence electrons. The molecule has 0 aromatic heterocycles. The molecule has 0 amide bonds. The highest BCUT2D eigenvalue weighted by Crippen LogP contribution is 2.21. The van der Waals surface area contributed by atoms with Crippen molar-refractivity contribution in [1.29, 1.82) is 0 Å². The third-order valence-corrected chi connectivity index (χ3v) is 3.31. The highest BCUT2D eigenvalue weighted by atomic mass is 79.9. The highest BCUT2D eigenvalue weighted by Gasteiger charge is 2.15. The quantitative estimate of drug-likeness (QED) is 0.773. The lowest BCUT2D eigenvalue weighted by atomic mass is 10.1. The molecule has 4 heteroatoms. The molecular weight excluding hydrogens is 282 g/mol. The SMILES string of the molecule is CCC(=O)C(Br)Cc1cc(F)ccc1Cl. The molecule has 0 spiro atoms. The van der Waals surface area contributed by atoms with Crippen molar-refractivity contribution in [2.75, 3.05) is 0 Å². The molecule has 0 heterocycles. The third kappa shape index (κ3) is 3.58. The summed E-state index contributed by atoms with van der Waals surface area (Å²) < 4.78 is 12.9. The van der Waals surface area contributed by atoms with Gasteiger partial charge in [0.15, 0.2) is 0 Å². The average Bonchev–Trinajstić information content (AvgIpc) is 2.22. The van der Waals surface area contributed by atoms with Gasteiger partial charge in [-0.1, -0.05) is 34.5 Å². The molecule has 0 saturated heterocycles. The van der Waals surface area contributed by atoms with E-state index in [1.807, 2.05) is 0 Å². The molecule has 1 rings (SSSR count). The van der Waals surface area contributed by atoms with E-state index in [0.717, 1.165) is 0 Å². The molecule has 0 bridgehead atoms. The van der Waals surface area contributed by atoms with Gasteiger partial charge in [0.1, 0.15) is 11.6 Å². The molecule has 0 fully saturated rings. The minimum Gasteiger partial charge on any atom is -0.298 e. The Kier molecular flexibility index (Phi) is 4.74. The van der Waals surface area contributed by atoms with Gasteiger partial charge in [-0.15, -0.1) is 0 Å². The molecule has 1 nitrogen and oxygen atoms in total. The summed E-state index contributed by atoms with van der Waals surface area (Å²) in [6.45, 7) is 1.80. The van der Waals surface area contributed by atoms with E-state index in [4.69, 9.17) is 11.6 Å². The van der Waals surface area contributed by atoms with Crippen LogP contribution in [0.4, 0.5) is 4.39 Å². The Labute approximate surface area is 102 Å². The predicted octanol–water partition coefficient (Wildman–Crippen LogP) is 3.76. The zero-order chi connectivity index (χ0) is 11.4. The van der Waals surface area contributed by atoms with Crippen LogP contribution in [0.15, 0.2) is 18.2 Å². The lowest BCUT2D eigenvalue weighted by Crippen LogP contribution is -2.15. The Morgan fingerprint density at radius 2 is 2.27 bits per heavy atom. The molecule has 1 aromatic rings. The minimum absolute atomic E-state index is 0.0929. The van der Waals surface area contributed by atoms with Gasteiger partial charge in [-0.25, -0.2) is 4.39 Å². The lowest BCUT2D eigenvalue weighted by Gasteiger charge is -2.09. The highest BCUT2D eigenvalue weighted by molar-refractivity contribution is 9.10. The Hall–Kier alpha value is -0.410. The fraction of sp³-hybridized carbons (Fsp3) is 0.364. The van der Waals surface area contributed by atoms with E-state index in [0.29, 0.717) is 23.4 Å². The van der Waals surface area contributed by atoms with E-state index in [1.54, 1.807) is 6.92 Å². The first-order chi connectivity index (χ1) is 7.04. The van der Waals surface area contributed by atoms with Gasteiger partial charge in [0, 0.05) is 11.4 Å². The standard InChI is InChI=1S/C11H11BrClFO/c1-2-11(15)9(12)6-7-5-8(14)3-4-10(7)13/h3-5,9H,2,6H2,1H3. The summed E-state index contributed by atoms with van der Waals surface area (Å²) in [6, 6.07) is 4.17. The first-order valence-corrected chi connectivity index (χ1v) is 5.94. The van der Waals surface area contributed by atoms with Gasteiger partial charge in [-0.2, -0.15) is 0 Å². The van der Waals surface area contributed by atoms with Crippen LogP contribution in [-0.2, 0) is 11.2 Å². The number of halogens is 3. The van der Waals surface area contributed by atoms with Gasteiger partial charge >= 0.3 is 0 Å². The van der Waals surface area contributed by atoms with E-state index >= 15 is 0 Å². The normalized spacial score (nSPS) is 12.5. The van der Waals surface area contributed by atoms with Crippen molar-refractivity contribution < 1.29 is 9.18 Å². The molecule has 0 N–H and O–H groups in total. The fourth-order valence-corrected chi connectivity index (χ4v) is 2.10. The zero-order valence-electron chi connectivity index (χ0n) is 8.27. The third-order valence-electron chi connectivity index (χ3n) is 2.10. The maximum absolute atomic E-state index is 12.9. The smallest absolute Gasteiger partial charge is 0.146 e. The molecule has 1 atom stereocenters. The molecule has 0 aliphatic carbocycles. The summed E-state index contributed by atoms with van der Waals surface area (Å²) in [5, 5.41) is 0.491. The topological polar surface area (TPSA) is 17.1 Å². The minimum atomic E-state index is -0.335. The van der Waals surface area contributed by atoms with Crippen molar-refractivity contribution in [2.24, 2.45) is 0 Å². The first kappa shape index (κ1) is 12.7. The molecule has 0 aliphatic rings. The van der Waals surface area contributed by atoms with Crippen molar-refractivity contribution in [1.82, 2.24) is 0 Å². The summed E-state index contributed by atoms with van der Waals surface area (Å²) in [6.07, 6.45) is 0.881. The van der Waals surface area contributed by atoms with Gasteiger partial charge in [0.25, 0.3) is 0 Å².